The van der Waals surface area contributed by atoms with Crippen LogP contribution in [0.3, 0.4) is 0 Å². The lowest BCUT2D eigenvalue weighted by atomic mass is 9.73. The van der Waals surface area contributed by atoms with Crippen molar-refractivity contribution < 1.29 is 0 Å². The largest absolute Gasteiger partial charge is 0.399 e. The quantitative estimate of drug-likeness (QED) is 0.546. The van der Waals surface area contributed by atoms with Crippen molar-refractivity contribution >= 4 is 0 Å². The molecule has 0 aliphatic carbocycles. The lowest BCUT2D eigenvalue weighted by Crippen LogP contribution is -2.24. The Bertz CT molecular complexity index is 280. The molecule has 1 heteroatoms. The Morgan fingerprint density at radius 3 is 2.13 bits per heavy atom. The Morgan fingerprint density at radius 1 is 1.20 bits per heavy atom. The van der Waals surface area contributed by atoms with Gasteiger partial charge in [0.1, 0.15) is 0 Å². The summed E-state index contributed by atoms with van der Waals surface area (Å²) in [6, 6.07) is 0. The Balaban J connectivity index is 5.10. The van der Waals surface area contributed by atoms with Crippen LogP contribution in [0.1, 0.15) is 41.5 Å². The van der Waals surface area contributed by atoms with Crippen LogP contribution in [0.5, 0.6) is 0 Å². The average Bonchev–Trinajstić information content (AvgIpc) is 2.17. The molecule has 15 heavy (non-hydrogen) atoms. The van der Waals surface area contributed by atoms with E-state index in [0.717, 1.165) is 5.70 Å². The summed E-state index contributed by atoms with van der Waals surface area (Å²) >= 11 is 0. The average molecular weight is 207 g/mol. The van der Waals surface area contributed by atoms with Gasteiger partial charge in [-0.15, -0.1) is 0 Å². The van der Waals surface area contributed by atoms with Crippen molar-refractivity contribution in [2.24, 2.45) is 17.1 Å². The number of rotatable bonds is 4. The molecule has 86 valence electrons. The molecule has 0 aromatic heterocycles. The van der Waals surface area contributed by atoms with Gasteiger partial charge in [-0.05, 0) is 43.8 Å². The fourth-order valence-corrected chi connectivity index (χ4v) is 1.55. The zero-order valence-electron chi connectivity index (χ0n) is 11.0. The summed E-state index contributed by atoms with van der Waals surface area (Å²) in [5.74, 6) is 0.492. The first-order valence-corrected chi connectivity index (χ1v) is 5.60. The maximum atomic E-state index is 6.02. The Morgan fingerprint density at radius 2 is 1.73 bits per heavy atom. The summed E-state index contributed by atoms with van der Waals surface area (Å²) in [6.45, 7) is 12.9. The molecule has 0 rings (SSSR count). The first-order valence-electron chi connectivity index (χ1n) is 5.60. The third kappa shape index (κ3) is 3.58. The highest BCUT2D eigenvalue weighted by Crippen LogP contribution is 2.36. The van der Waals surface area contributed by atoms with E-state index in [1.807, 2.05) is 19.1 Å². The van der Waals surface area contributed by atoms with Crippen molar-refractivity contribution in [3.63, 3.8) is 0 Å². The molecule has 0 aliphatic heterocycles. The Hall–Kier alpha value is -0.980. The second kappa shape index (κ2) is 5.79. The molecular weight excluding hydrogens is 182 g/mol. The molecule has 1 unspecified atom stereocenters. The standard InChI is InChI=1S/C14H25N/c1-7-9-11(3)14(5,6)12(4)13(15)10-8-2/h7-11H,15H2,1-6H3/b9-7?,10-8-,13-12-. The molecule has 0 aromatic rings. The van der Waals surface area contributed by atoms with Crippen LogP contribution in [0.15, 0.2) is 35.6 Å². The van der Waals surface area contributed by atoms with Gasteiger partial charge in [0.05, 0.1) is 0 Å². The minimum absolute atomic E-state index is 0.107. The van der Waals surface area contributed by atoms with E-state index in [1.165, 1.54) is 5.57 Å². The molecule has 1 nitrogen and oxygen atoms in total. The van der Waals surface area contributed by atoms with Crippen molar-refractivity contribution in [1.29, 1.82) is 0 Å². The molecule has 1 atom stereocenters. The molecule has 0 aromatic carbocycles. The van der Waals surface area contributed by atoms with Gasteiger partial charge in [0.15, 0.2) is 0 Å². The monoisotopic (exact) mass is 207 g/mol. The molecule has 0 heterocycles. The number of hydrogen-bond acceptors (Lipinski definition) is 1. The van der Waals surface area contributed by atoms with Crippen LogP contribution in [-0.2, 0) is 0 Å². The van der Waals surface area contributed by atoms with E-state index in [-0.39, 0.29) is 5.41 Å². The van der Waals surface area contributed by atoms with Crippen molar-refractivity contribution in [2.45, 2.75) is 41.5 Å². The highest BCUT2D eigenvalue weighted by molar-refractivity contribution is 5.26. The SMILES string of the molecule is CC=CC(C)C(C)(C)/C(C)=C(N)/C=C\C. The van der Waals surface area contributed by atoms with Crippen LogP contribution in [0, 0.1) is 11.3 Å². The van der Waals surface area contributed by atoms with E-state index in [2.05, 4.69) is 46.8 Å². The summed E-state index contributed by atoms with van der Waals surface area (Å²) in [4.78, 5) is 0. The van der Waals surface area contributed by atoms with Crippen molar-refractivity contribution in [1.82, 2.24) is 0 Å². The number of nitrogens with two attached hydrogens (primary N) is 1. The second-order valence-corrected chi connectivity index (χ2v) is 4.62. The highest BCUT2D eigenvalue weighted by Gasteiger charge is 2.26. The van der Waals surface area contributed by atoms with Crippen LogP contribution in [0.25, 0.3) is 0 Å². The predicted molar refractivity (Wildman–Crippen MR) is 69.5 cm³/mol. The van der Waals surface area contributed by atoms with Gasteiger partial charge in [0.2, 0.25) is 0 Å². The molecule has 0 spiro atoms. The minimum Gasteiger partial charge on any atom is -0.399 e. The van der Waals surface area contributed by atoms with Crippen LogP contribution >= 0.6 is 0 Å². The maximum absolute atomic E-state index is 6.02. The Labute approximate surface area is 94.8 Å². The smallest absolute Gasteiger partial charge is 0.0305 e. The van der Waals surface area contributed by atoms with E-state index >= 15 is 0 Å². The fraction of sp³-hybridized carbons (Fsp3) is 0.571. The fourth-order valence-electron chi connectivity index (χ4n) is 1.55. The van der Waals surface area contributed by atoms with Crippen LogP contribution in [-0.4, -0.2) is 0 Å². The van der Waals surface area contributed by atoms with Crippen molar-refractivity contribution in [3.8, 4) is 0 Å². The normalized spacial score (nSPS) is 17.2. The molecule has 0 aliphatic rings. The lowest BCUT2D eigenvalue weighted by Gasteiger charge is -2.32. The van der Waals surface area contributed by atoms with Gasteiger partial charge in [0, 0.05) is 5.70 Å². The molecule has 0 fully saturated rings. The first-order chi connectivity index (χ1) is 6.87. The van der Waals surface area contributed by atoms with E-state index in [0.29, 0.717) is 5.92 Å². The van der Waals surface area contributed by atoms with Gasteiger partial charge in [-0.1, -0.05) is 39.0 Å². The number of allylic oxidation sites excluding steroid dienone is 5. The van der Waals surface area contributed by atoms with Gasteiger partial charge in [0.25, 0.3) is 0 Å². The van der Waals surface area contributed by atoms with Gasteiger partial charge in [-0.2, -0.15) is 0 Å². The summed E-state index contributed by atoms with van der Waals surface area (Å²) in [7, 11) is 0. The zero-order valence-corrected chi connectivity index (χ0v) is 11.0. The maximum Gasteiger partial charge on any atom is 0.0305 e. The van der Waals surface area contributed by atoms with Crippen LogP contribution in [0.4, 0.5) is 0 Å². The lowest BCUT2D eigenvalue weighted by molar-refractivity contribution is 0.340. The van der Waals surface area contributed by atoms with Gasteiger partial charge < -0.3 is 5.73 Å². The minimum atomic E-state index is 0.107. The molecule has 0 saturated heterocycles. The molecular formula is C14H25N. The third-order valence-corrected chi connectivity index (χ3v) is 3.37. The first kappa shape index (κ1) is 14.0. The summed E-state index contributed by atoms with van der Waals surface area (Å²) < 4.78 is 0. The third-order valence-electron chi connectivity index (χ3n) is 3.37. The van der Waals surface area contributed by atoms with Gasteiger partial charge in [-0.25, -0.2) is 0 Å². The summed E-state index contributed by atoms with van der Waals surface area (Å²) in [6.07, 6.45) is 8.28. The van der Waals surface area contributed by atoms with E-state index in [1.54, 1.807) is 0 Å². The number of hydrogen-bond donors (Lipinski definition) is 1. The summed E-state index contributed by atoms with van der Waals surface area (Å²) in [5.41, 5.74) is 8.27. The highest BCUT2D eigenvalue weighted by atomic mass is 14.6. The van der Waals surface area contributed by atoms with E-state index in [4.69, 9.17) is 5.73 Å². The molecule has 0 radical (unpaired) electrons. The second-order valence-electron chi connectivity index (χ2n) is 4.62. The zero-order chi connectivity index (χ0) is 12.1. The molecule has 0 amide bonds. The predicted octanol–water partition coefficient (Wildman–Crippen LogP) is 4.03. The van der Waals surface area contributed by atoms with Gasteiger partial charge in [-0.3, -0.25) is 0 Å². The summed E-state index contributed by atoms with van der Waals surface area (Å²) in [5, 5.41) is 0. The van der Waals surface area contributed by atoms with Crippen LogP contribution in [0.2, 0.25) is 0 Å². The molecule has 0 saturated carbocycles. The topological polar surface area (TPSA) is 26.0 Å². The van der Waals surface area contributed by atoms with Crippen molar-refractivity contribution in [3.05, 3.63) is 35.6 Å². The Kier molecular flexibility index (Phi) is 5.41. The van der Waals surface area contributed by atoms with E-state index < -0.39 is 0 Å². The van der Waals surface area contributed by atoms with Crippen molar-refractivity contribution in [2.75, 3.05) is 0 Å². The molecule has 2 N–H and O–H groups in total. The van der Waals surface area contributed by atoms with E-state index in [9.17, 15) is 0 Å². The molecule has 0 bridgehead atoms. The van der Waals surface area contributed by atoms with Gasteiger partial charge >= 0.3 is 0 Å². The van der Waals surface area contributed by atoms with Crippen LogP contribution < -0.4 is 5.73 Å².